The summed E-state index contributed by atoms with van der Waals surface area (Å²) in [6, 6.07) is 22.8. The fourth-order valence-corrected chi connectivity index (χ4v) is 17.0. The van der Waals surface area contributed by atoms with Crippen LogP contribution in [-0.2, 0) is 4.74 Å². The van der Waals surface area contributed by atoms with Crippen LogP contribution in [-0.4, -0.2) is 162 Å². The van der Waals surface area contributed by atoms with Crippen LogP contribution in [0.2, 0.25) is 0 Å². The second kappa shape index (κ2) is 30.6. The topological polar surface area (TPSA) is 393 Å². The van der Waals surface area contributed by atoms with Crippen molar-refractivity contribution in [2.45, 2.75) is 126 Å². The number of nitrogens with one attached hydrogen (secondary N) is 10. The maximum Gasteiger partial charge on any atom is 0.410 e. The van der Waals surface area contributed by atoms with Gasteiger partial charge in [0, 0.05) is 82.6 Å². The highest BCUT2D eigenvalue weighted by molar-refractivity contribution is 5.84. The minimum Gasteiger partial charge on any atom is -0.444 e. The molecule has 10 N–H and O–H groups in total. The van der Waals surface area contributed by atoms with Gasteiger partial charge in [0.2, 0.25) is 0 Å². The monoisotopic (exact) mass is 1500 g/mol. The summed E-state index contributed by atoms with van der Waals surface area (Å²) in [6.45, 7) is 42.9. The van der Waals surface area contributed by atoms with E-state index >= 15 is 0 Å². The van der Waals surface area contributed by atoms with Crippen molar-refractivity contribution in [3.63, 3.8) is 0 Å². The van der Waals surface area contributed by atoms with Crippen molar-refractivity contribution < 1.29 is 28.0 Å². The van der Waals surface area contributed by atoms with Gasteiger partial charge in [-0.05, 0) is 193 Å². The minimum atomic E-state index is -0.606. The molecule has 112 heavy (non-hydrogen) atoms. The highest BCUT2D eigenvalue weighted by Crippen LogP contribution is 2.50. The molecular weight excluding hydrogens is 1430 g/mol. The van der Waals surface area contributed by atoms with Crippen LogP contribution in [0.1, 0.15) is 153 Å². The molecule has 1 amide bonds. The minimum absolute atomic E-state index is 0.140. The van der Waals surface area contributed by atoms with E-state index in [0.717, 1.165) is 170 Å². The Hall–Kier alpha value is -13.4. The van der Waals surface area contributed by atoms with Gasteiger partial charge in [0.15, 0.2) is 22.8 Å². The highest BCUT2D eigenvalue weighted by atomic mass is 16.6. The lowest BCUT2D eigenvalue weighted by molar-refractivity contribution is 0.0138. The lowest BCUT2D eigenvalue weighted by Gasteiger charge is -2.40. The van der Waals surface area contributed by atoms with Gasteiger partial charge in [0.1, 0.15) is 73.0 Å². The summed E-state index contributed by atoms with van der Waals surface area (Å²) < 4.78 is 25.5. The Bertz CT molecular complexity index is 5660. The first-order valence-corrected chi connectivity index (χ1v) is 37.5. The molecule has 34 heteroatoms. The van der Waals surface area contributed by atoms with Crippen LogP contribution in [0.5, 0.6) is 0 Å². The van der Waals surface area contributed by atoms with E-state index in [4.69, 9.17) is 49.5 Å². The number of aromatic amines is 4. The van der Waals surface area contributed by atoms with E-state index < -0.39 is 11.5 Å². The number of rotatable bonds is 8. The normalized spacial score (nSPS) is 22.3. The average molecular weight is 1500 g/mol. The molecule has 8 unspecified atom stereocenters. The predicted octanol–water partition coefficient (Wildman–Crippen LogP) is 12.8. The Balaban J connectivity index is 0.000000109. The first-order chi connectivity index (χ1) is 54.9. The van der Waals surface area contributed by atoms with E-state index in [2.05, 4.69) is 145 Å². The standard InChI is InChI=1S/C23H25N7O3.C19H19N7O.2C18H17N7O/c1-23(2,3)32-22(31)30-11-6-5-10-16(30)19-20(24-4)17(14-12-25-27-21(14)26-19)13-8-7-9-15-18(13)29-33-28-15;1-20-18-15(12-6-3-7-14-17(12)25-27-24-14)13-9-21-23-19(13)22-16(18)11-5-4-8-26(2)10-11;1-19-17-14(11-5-2-6-13-16(11)25-26-24-13)12-9-21-23-18(12)22-15(17)10-4-3-7-20-8-10;1-19-17-14(10-5-4-7-13-15(10)25-26-24-13)11-9-21-23-18(11)22-16(17)12-6-2-3-8-20-12/h7-9,12,16-17H,5-6,10-11H2,1-3H3,(H2,25,26,27);3,6-7,9,11,15H,4-5,8,10H2,2H3,(H2,21,22,23);2,5-6,9-10,14,20H,3-4,7-8H2,(H2,21,22,23);4-5,7,9,12,14,20H,2-3,6,8H2,(H2,21,22,23). The summed E-state index contributed by atoms with van der Waals surface area (Å²) in [6.07, 6.45) is 16.9. The molecule has 4 fully saturated rings. The van der Waals surface area contributed by atoms with Crippen molar-refractivity contribution >= 4 is 73.5 Å². The fraction of sp³-hybridized carbons (Fsp3) is 0.372. The molecule has 0 spiro atoms. The number of piperidine rings is 4. The maximum atomic E-state index is 13.1. The number of carbonyl (C=O) groups excluding carboxylic acids is 1. The van der Waals surface area contributed by atoms with E-state index in [-0.39, 0.29) is 41.8 Å². The number of nitrogens with zero attached hydrogens (tertiary/aromatic N) is 18. The number of hydrogen-bond acceptors (Lipinski definition) is 25. The molecule has 8 aliphatic rings. The summed E-state index contributed by atoms with van der Waals surface area (Å²) in [5.74, 6) is 2.64. The van der Waals surface area contributed by atoms with Gasteiger partial charge >= 0.3 is 6.09 Å². The van der Waals surface area contributed by atoms with Crippen molar-refractivity contribution in [3.8, 4) is 0 Å². The zero-order chi connectivity index (χ0) is 76.6. The van der Waals surface area contributed by atoms with Gasteiger partial charge in [-0.15, -0.1) is 0 Å². The first-order valence-electron chi connectivity index (χ1n) is 37.5. The smallest absolute Gasteiger partial charge is 0.410 e. The quantitative estimate of drug-likeness (QED) is 0.0632. The van der Waals surface area contributed by atoms with Crippen LogP contribution < -0.4 is 31.9 Å². The van der Waals surface area contributed by atoms with Crippen molar-refractivity contribution in [3.05, 3.63) is 233 Å². The number of fused-ring (bicyclic) bond motifs is 8. The third-order valence-electron chi connectivity index (χ3n) is 22.0. The Morgan fingerprint density at radius 3 is 1.28 bits per heavy atom. The highest BCUT2D eigenvalue weighted by Gasteiger charge is 2.43. The van der Waals surface area contributed by atoms with Crippen LogP contribution in [0.3, 0.4) is 0 Å². The number of anilines is 4. The van der Waals surface area contributed by atoms with Crippen LogP contribution in [0.25, 0.3) is 63.5 Å². The number of ether oxygens (including phenoxy) is 1. The largest absolute Gasteiger partial charge is 0.444 e. The third kappa shape index (κ3) is 13.4. The van der Waals surface area contributed by atoms with Gasteiger partial charge < -0.3 is 46.4 Å². The van der Waals surface area contributed by atoms with Crippen LogP contribution in [0.4, 0.5) is 28.1 Å². The van der Waals surface area contributed by atoms with Crippen LogP contribution in [0, 0.1) is 38.1 Å². The molecular formula is C78H78N28O6. The Morgan fingerprint density at radius 1 is 0.455 bits per heavy atom. The lowest BCUT2D eigenvalue weighted by Crippen LogP contribution is -2.48. The van der Waals surface area contributed by atoms with Crippen molar-refractivity contribution in [2.75, 3.05) is 67.6 Å². The van der Waals surface area contributed by atoms with E-state index in [1.54, 1.807) is 29.7 Å². The maximum absolute atomic E-state index is 13.1. The molecule has 0 bridgehead atoms. The number of carbonyl (C=O) groups is 1. The van der Waals surface area contributed by atoms with Crippen LogP contribution >= 0.6 is 0 Å². The van der Waals surface area contributed by atoms with E-state index in [9.17, 15) is 4.79 Å². The van der Waals surface area contributed by atoms with Gasteiger partial charge in [0.05, 0.1) is 80.8 Å². The number of aromatic nitrogens is 16. The number of hydrogen-bond donors (Lipinski definition) is 10. The third-order valence-corrected chi connectivity index (χ3v) is 22.0. The average Bonchev–Trinajstić information content (AvgIpc) is 1.44. The van der Waals surface area contributed by atoms with E-state index in [1.165, 1.54) is 6.42 Å². The van der Waals surface area contributed by atoms with E-state index in [1.807, 2.05) is 93.6 Å². The Morgan fingerprint density at radius 2 is 0.866 bits per heavy atom. The van der Waals surface area contributed by atoms with E-state index in [0.29, 0.717) is 90.9 Å². The van der Waals surface area contributed by atoms with Gasteiger partial charge in [-0.25, -0.2) is 42.7 Å². The molecule has 16 heterocycles. The Labute approximate surface area is 640 Å². The summed E-state index contributed by atoms with van der Waals surface area (Å²) >= 11 is 0. The summed E-state index contributed by atoms with van der Waals surface area (Å²) in [7, 11) is 2.13. The molecule has 4 saturated heterocycles. The first kappa shape index (κ1) is 71.5. The predicted molar refractivity (Wildman–Crippen MR) is 410 cm³/mol. The molecule has 8 atom stereocenters. The fourth-order valence-electron chi connectivity index (χ4n) is 17.0. The van der Waals surface area contributed by atoms with Gasteiger partial charge in [0.25, 0.3) is 0 Å². The zero-order valence-corrected chi connectivity index (χ0v) is 61.7. The molecule has 0 saturated carbocycles. The van der Waals surface area contributed by atoms with Gasteiger partial charge in [-0.3, -0.25) is 20.4 Å². The lowest BCUT2D eigenvalue weighted by atomic mass is 9.82. The summed E-state index contributed by atoms with van der Waals surface area (Å²) in [5.41, 5.74) is 18.1. The molecule has 8 aliphatic heterocycles. The van der Waals surface area contributed by atoms with Gasteiger partial charge in [-0.1, -0.05) is 55.0 Å². The molecule has 34 nitrogen and oxygen atoms in total. The second-order valence-electron chi connectivity index (χ2n) is 29.9. The Kier molecular flexibility index (Phi) is 19.5. The van der Waals surface area contributed by atoms with Crippen molar-refractivity contribution in [2.24, 2.45) is 11.8 Å². The molecule has 0 radical (unpaired) electrons. The molecule has 12 aromatic rings. The number of allylic oxidation sites excluding steroid dienone is 4. The molecule has 0 aliphatic carbocycles. The summed E-state index contributed by atoms with van der Waals surface area (Å²) in [4.78, 5) is 33.0. The summed E-state index contributed by atoms with van der Waals surface area (Å²) in [5, 5.41) is 81.8. The second-order valence-corrected chi connectivity index (χ2v) is 29.9. The van der Waals surface area contributed by atoms with Crippen molar-refractivity contribution in [1.82, 2.24) is 102 Å². The molecule has 8 aromatic heterocycles. The van der Waals surface area contributed by atoms with Crippen LogP contribution in [0.15, 0.2) is 162 Å². The molecule has 20 rings (SSSR count). The number of amides is 1. The number of benzene rings is 4. The molecule has 566 valence electrons. The zero-order valence-electron chi connectivity index (χ0n) is 61.7. The van der Waals surface area contributed by atoms with Gasteiger partial charge in [-0.2, -0.15) is 20.4 Å². The SMILES string of the molecule is [C-]#[N+]C1=C(C2CCCCN2)Nc2[nH]ncc2C1c1cccc2nonc12.[C-]#[N+]C1=C(C2CCCCN2C(=O)OC(C)(C)C)Nc2[nH]ncc2C1c1cccc2nonc12.[C-]#[N+]C1=C(C2CCCN(C)C2)Nc2[nH]ncc2C1c1cccc2nonc12.[C-]#[N+]C1=C(C2CCCNC2)Nc2[nH]ncc2C1c1cccc2nonc12. The molecule has 4 aromatic carbocycles. The van der Waals surface area contributed by atoms with Crippen molar-refractivity contribution in [1.29, 1.82) is 0 Å². The number of H-pyrrole nitrogens is 4. The number of likely N-dealkylation sites (tertiary alicyclic amines) is 2.